The zero-order valence-corrected chi connectivity index (χ0v) is 16.7. The molecule has 2 N–H and O–H groups in total. The number of nitrogens with zero attached hydrogens (tertiary/aromatic N) is 2. The van der Waals surface area contributed by atoms with E-state index >= 15 is 0 Å². The van der Waals surface area contributed by atoms with Gasteiger partial charge in [-0.1, -0.05) is 19.3 Å². The van der Waals surface area contributed by atoms with Crippen molar-refractivity contribution in [3.8, 4) is 5.69 Å². The van der Waals surface area contributed by atoms with E-state index in [1.54, 1.807) is 13.8 Å². The number of carbonyl (C=O) groups is 2. The first-order chi connectivity index (χ1) is 13.9. The summed E-state index contributed by atoms with van der Waals surface area (Å²) in [5.74, 6) is -1.66. The molecule has 1 saturated carbocycles. The Kier molecular flexibility index (Phi) is 6.61. The first-order valence-corrected chi connectivity index (χ1v) is 9.96. The topological polar surface area (TPSA) is 76.0 Å². The van der Waals surface area contributed by atoms with Gasteiger partial charge in [0.2, 0.25) is 5.91 Å². The van der Waals surface area contributed by atoms with E-state index in [1.807, 2.05) is 0 Å². The van der Waals surface area contributed by atoms with Crippen LogP contribution in [0.3, 0.4) is 0 Å². The van der Waals surface area contributed by atoms with E-state index in [0.29, 0.717) is 23.5 Å². The molecule has 1 aliphatic carbocycles. The van der Waals surface area contributed by atoms with Gasteiger partial charge in [0, 0.05) is 25.1 Å². The van der Waals surface area contributed by atoms with Gasteiger partial charge in [0.25, 0.3) is 5.91 Å². The zero-order valence-electron chi connectivity index (χ0n) is 16.7. The van der Waals surface area contributed by atoms with Gasteiger partial charge in [-0.2, -0.15) is 5.10 Å². The van der Waals surface area contributed by atoms with Crippen LogP contribution in [0.4, 0.5) is 8.78 Å². The molecule has 0 aliphatic heterocycles. The fourth-order valence-corrected chi connectivity index (χ4v) is 3.82. The van der Waals surface area contributed by atoms with Gasteiger partial charge in [-0.15, -0.1) is 0 Å². The Bertz CT molecular complexity index is 904. The number of aryl methyl sites for hydroxylation is 1. The Morgan fingerprint density at radius 2 is 1.79 bits per heavy atom. The van der Waals surface area contributed by atoms with Crippen molar-refractivity contribution in [2.75, 3.05) is 13.1 Å². The van der Waals surface area contributed by atoms with Gasteiger partial charge >= 0.3 is 0 Å². The average molecular weight is 404 g/mol. The largest absolute Gasteiger partial charge is 0.354 e. The Morgan fingerprint density at radius 1 is 1.10 bits per heavy atom. The predicted octanol–water partition coefficient (Wildman–Crippen LogP) is 3.19. The van der Waals surface area contributed by atoms with Crippen LogP contribution in [0.2, 0.25) is 0 Å². The molecular weight excluding hydrogens is 378 g/mol. The maximum absolute atomic E-state index is 14.1. The molecule has 1 aromatic heterocycles. The fraction of sp³-hybridized carbons (Fsp3) is 0.476. The van der Waals surface area contributed by atoms with Crippen LogP contribution in [-0.2, 0) is 4.79 Å². The van der Waals surface area contributed by atoms with Gasteiger partial charge in [0.1, 0.15) is 11.5 Å². The van der Waals surface area contributed by atoms with Crippen molar-refractivity contribution in [1.29, 1.82) is 0 Å². The fourth-order valence-electron chi connectivity index (χ4n) is 3.82. The SMILES string of the molecule is Cc1nn(-c2ccc(F)cc2F)c(C)c1C(=O)NCCNC(=O)C1CCCCC1. The Hall–Kier alpha value is -2.77. The second-order valence-corrected chi connectivity index (χ2v) is 7.44. The smallest absolute Gasteiger partial charge is 0.255 e. The van der Waals surface area contributed by atoms with Crippen LogP contribution < -0.4 is 10.6 Å². The number of hydrogen-bond donors (Lipinski definition) is 2. The molecule has 0 unspecified atom stereocenters. The van der Waals surface area contributed by atoms with Crippen LogP contribution >= 0.6 is 0 Å². The van der Waals surface area contributed by atoms with Crippen LogP contribution in [0.5, 0.6) is 0 Å². The van der Waals surface area contributed by atoms with Crippen LogP contribution in [0.25, 0.3) is 5.69 Å². The average Bonchev–Trinajstić information content (AvgIpc) is 2.99. The van der Waals surface area contributed by atoms with Crippen molar-refractivity contribution in [3.63, 3.8) is 0 Å². The van der Waals surface area contributed by atoms with E-state index < -0.39 is 11.6 Å². The lowest BCUT2D eigenvalue weighted by Crippen LogP contribution is -2.38. The molecular formula is C21H26F2N4O2. The molecule has 0 saturated heterocycles. The zero-order chi connectivity index (χ0) is 21.0. The number of rotatable bonds is 6. The minimum absolute atomic E-state index is 0.0471. The third-order valence-corrected chi connectivity index (χ3v) is 5.34. The van der Waals surface area contributed by atoms with Crippen LogP contribution in [-0.4, -0.2) is 34.7 Å². The predicted molar refractivity (Wildman–Crippen MR) is 105 cm³/mol. The highest BCUT2D eigenvalue weighted by molar-refractivity contribution is 5.96. The first-order valence-electron chi connectivity index (χ1n) is 9.96. The maximum atomic E-state index is 14.1. The Balaban J connectivity index is 1.59. The van der Waals surface area contributed by atoms with E-state index in [-0.39, 0.29) is 30.0 Å². The van der Waals surface area contributed by atoms with E-state index in [4.69, 9.17) is 0 Å². The van der Waals surface area contributed by atoms with E-state index in [1.165, 1.54) is 17.2 Å². The summed E-state index contributed by atoms with van der Waals surface area (Å²) in [6, 6.07) is 3.21. The molecule has 2 amide bonds. The summed E-state index contributed by atoms with van der Waals surface area (Å²) >= 11 is 0. The highest BCUT2D eigenvalue weighted by Gasteiger charge is 2.22. The second-order valence-electron chi connectivity index (χ2n) is 7.44. The molecule has 6 nitrogen and oxygen atoms in total. The Labute approximate surface area is 168 Å². The molecule has 8 heteroatoms. The van der Waals surface area contributed by atoms with E-state index in [2.05, 4.69) is 15.7 Å². The summed E-state index contributed by atoms with van der Waals surface area (Å²) in [5.41, 5.74) is 1.31. The quantitative estimate of drug-likeness (QED) is 0.726. The van der Waals surface area contributed by atoms with Crippen molar-refractivity contribution in [3.05, 3.63) is 46.8 Å². The normalized spacial score (nSPS) is 14.6. The molecule has 1 aromatic carbocycles. The summed E-state index contributed by atoms with van der Waals surface area (Å²) in [5, 5.41) is 9.87. The molecule has 0 spiro atoms. The first kappa shape index (κ1) is 21.0. The molecule has 0 radical (unpaired) electrons. The van der Waals surface area contributed by atoms with Gasteiger partial charge in [0.05, 0.1) is 17.0 Å². The number of halogens is 2. The van der Waals surface area contributed by atoms with Crippen molar-refractivity contribution >= 4 is 11.8 Å². The minimum atomic E-state index is -0.756. The molecule has 2 aromatic rings. The molecule has 1 fully saturated rings. The molecule has 0 bridgehead atoms. The highest BCUT2D eigenvalue weighted by Crippen LogP contribution is 2.23. The minimum Gasteiger partial charge on any atom is -0.354 e. The number of carbonyl (C=O) groups excluding carboxylic acids is 2. The summed E-state index contributed by atoms with van der Waals surface area (Å²) in [6.45, 7) is 3.94. The number of benzene rings is 1. The Morgan fingerprint density at radius 3 is 2.48 bits per heavy atom. The van der Waals surface area contributed by atoms with Crippen molar-refractivity contribution in [1.82, 2.24) is 20.4 Å². The third kappa shape index (κ3) is 4.81. The lowest BCUT2D eigenvalue weighted by Gasteiger charge is -2.20. The summed E-state index contributed by atoms with van der Waals surface area (Å²) in [6.07, 6.45) is 5.22. The molecule has 1 heterocycles. The van der Waals surface area contributed by atoms with Crippen LogP contribution in [0.1, 0.15) is 53.8 Å². The van der Waals surface area contributed by atoms with Crippen molar-refractivity contribution < 1.29 is 18.4 Å². The molecule has 1 aliphatic rings. The monoisotopic (exact) mass is 404 g/mol. The summed E-state index contributed by atoms with van der Waals surface area (Å²) < 4.78 is 28.6. The third-order valence-electron chi connectivity index (χ3n) is 5.34. The van der Waals surface area contributed by atoms with Gasteiger partial charge in [0.15, 0.2) is 5.82 Å². The number of nitrogens with one attached hydrogen (secondary N) is 2. The van der Waals surface area contributed by atoms with E-state index in [9.17, 15) is 18.4 Å². The van der Waals surface area contributed by atoms with Gasteiger partial charge < -0.3 is 10.6 Å². The molecule has 29 heavy (non-hydrogen) atoms. The lowest BCUT2D eigenvalue weighted by molar-refractivity contribution is -0.125. The van der Waals surface area contributed by atoms with Crippen molar-refractivity contribution in [2.24, 2.45) is 5.92 Å². The van der Waals surface area contributed by atoms with Gasteiger partial charge in [-0.05, 0) is 38.8 Å². The molecule has 3 rings (SSSR count). The maximum Gasteiger partial charge on any atom is 0.255 e. The number of amides is 2. The summed E-state index contributed by atoms with van der Waals surface area (Å²) in [7, 11) is 0. The molecule has 0 atom stereocenters. The van der Waals surface area contributed by atoms with Gasteiger partial charge in [-0.3, -0.25) is 9.59 Å². The van der Waals surface area contributed by atoms with Crippen LogP contribution in [0.15, 0.2) is 18.2 Å². The highest BCUT2D eigenvalue weighted by atomic mass is 19.1. The van der Waals surface area contributed by atoms with Crippen molar-refractivity contribution in [2.45, 2.75) is 46.0 Å². The lowest BCUT2D eigenvalue weighted by atomic mass is 9.89. The molecule has 156 valence electrons. The second kappa shape index (κ2) is 9.15. The van der Waals surface area contributed by atoms with Crippen LogP contribution in [0, 0.1) is 31.4 Å². The standard InChI is InChI=1S/C21H26F2N4O2/c1-13-19(14(2)27(26-13)18-9-8-16(22)12-17(18)23)21(29)25-11-10-24-20(28)15-6-4-3-5-7-15/h8-9,12,15H,3-7,10-11H2,1-2H3,(H,24,28)(H,25,29). The van der Waals surface area contributed by atoms with E-state index in [0.717, 1.165) is 37.8 Å². The number of aromatic nitrogens is 2. The number of hydrogen-bond acceptors (Lipinski definition) is 3. The summed E-state index contributed by atoms with van der Waals surface area (Å²) in [4.78, 5) is 24.7. The van der Waals surface area contributed by atoms with Gasteiger partial charge in [-0.25, -0.2) is 13.5 Å².